The minimum atomic E-state index is -0.302. The number of aromatic nitrogens is 2. The number of benzene rings is 1. The van der Waals surface area contributed by atoms with E-state index in [1.165, 1.54) is 12.1 Å². The average Bonchev–Trinajstić information content (AvgIpc) is 2.68. The number of anilines is 2. The molecule has 0 aliphatic carbocycles. The lowest BCUT2D eigenvalue weighted by Crippen LogP contribution is -2.32. The average molecular weight is 381 g/mol. The number of unbranched alkanes of at least 4 members (excludes halogenated alkanes) is 1. The first-order chi connectivity index (χ1) is 13.5. The lowest BCUT2D eigenvalue weighted by Gasteiger charge is -2.29. The van der Waals surface area contributed by atoms with E-state index in [4.69, 9.17) is 15.4 Å². The molecule has 1 aliphatic heterocycles. The van der Waals surface area contributed by atoms with Gasteiger partial charge >= 0.3 is 0 Å². The molecular weight excluding hydrogens is 353 g/mol. The number of likely N-dealkylation sites (tertiary alicyclic amines) is 1. The monoisotopic (exact) mass is 381 g/mol. The number of nitrogens with one attached hydrogen (secondary N) is 2. The maximum absolute atomic E-state index is 13.5. The van der Waals surface area contributed by atoms with Crippen molar-refractivity contribution in [1.82, 2.24) is 14.9 Å². The van der Waals surface area contributed by atoms with E-state index in [-0.39, 0.29) is 11.7 Å². The normalized spacial score (nSPS) is 17.8. The van der Waals surface area contributed by atoms with Crippen LogP contribution in [0.2, 0.25) is 0 Å². The number of nitrogens with zero attached hydrogens (tertiary/aromatic N) is 3. The summed E-state index contributed by atoms with van der Waals surface area (Å²) in [5.41, 5.74) is 1.58. The first-order valence-electron chi connectivity index (χ1n) is 9.90. The van der Waals surface area contributed by atoms with E-state index in [1.54, 1.807) is 24.3 Å². The molecule has 148 valence electrons. The van der Waals surface area contributed by atoms with Crippen molar-refractivity contribution in [3.8, 4) is 0 Å². The molecule has 2 aromatic rings. The Morgan fingerprint density at radius 3 is 2.96 bits per heavy atom. The fourth-order valence-corrected chi connectivity index (χ4v) is 3.39. The van der Waals surface area contributed by atoms with Gasteiger partial charge in [0.2, 0.25) is 0 Å². The van der Waals surface area contributed by atoms with Crippen LogP contribution >= 0.6 is 0 Å². The highest BCUT2D eigenvalue weighted by atomic mass is 19.1. The molecule has 2 N–H and O–H groups in total. The van der Waals surface area contributed by atoms with Crippen LogP contribution in [0.25, 0.3) is 0 Å². The highest BCUT2D eigenvalue weighted by Crippen LogP contribution is 2.26. The minimum Gasteiger partial charge on any atom is -0.340 e. The SMILES string of the molecule is CCC/C=C\C(=N)c1cc(Nc2cccc(F)c2)nc(C2CCCN(C)C2)n1. The maximum atomic E-state index is 13.5. The van der Waals surface area contributed by atoms with Crippen molar-refractivity contribution in [3.63, 3.8) is 0 Å². The Hall–Kier alpha value is -2.60. The van der Waals surface area contributed by atoms with Gasteiger partial charge in [0.25, 0.3) is 0 Å². The van der Waals surface area contributed by atoms with Gasteiger partial charge in [-0.3, -0.25) is 5.41 Å². The van der Waals surface area contributed by atoms with Gasteiger partial charge < -0.3 is 10.2 Å². The maximum Gasteiger partial charge on any atom is 0.135 e. The van der Waals surface area contributed by atoms with Gasteiger partial charge in [-0.1, -0.05) is 25.5 Å². The predicted octanol–water partition coefficient (Wildman–Crippen LogP) is 4.89. The lowest BCUT2D eigenvalue weighted by molar-refractivity contribution is 0.246. The van der Waals surface area contributed by atoms with Gasteiger partial charge in [0.05, 0.1) is 11.4 Å². The van der Waals surface area contributed by atoms with Crippen LogP contribution in [0, 0.1) is 11.2 Å². The van der Waals surface area contributed by atoms with E-state index in [0.29, 0.717) is 22.9 Å². The second kappa shape index (κ2) is 9.55. The summed E-state index contributed by atoms with van der Waals surface area (Å²) >= 11 is 0. The van der Waals surface area contributed by atoms with Gasteiger partial charge in [-0.15, -0.1) is 0 Å². The smallest absolute Gasteiger partial charge is 0.135 e. The molecule has 3 rings (SSSR count). The number of halogens is 1. The molecule has 2 heterocycles. The molecular formula is C22H28FN5. The van der Waals surface area contributed by atoms with Crippen LogP contribution in [0.5, 0.6) is 0 Å². The summed E-state index contributed by atoms with van der Waals surface area (Å²) in [6.07, 6.45) is 7.91. The standard InChI is InChI=1S/C22H28FN5/c1-3-4-5-11-19(24)20-14-21(25-18-10-6-9-17(23)13-18)27-22(26-20)16-8-7-12-28(2)15-16/h5-6,9-11,13-14,16,24H,3-4,7-8,12,15H2,1-2H3,(H,25,26,27)/b11-5-,24-19?. The van der Waals surface area contributed by atoms with Gasteiger partial charge in [0.1, 0.15) is 17.5 Å². The number of hydrogen-bond acceptors (Lipinski definition) is 5. The zero-order valence-electron chi connectivity index (χ0n) is 16.6. The Bertz CT molecular complexity index is 849. The van der Waals surface area contributed by atoms with Gasteiger partial charge in [-0.25, -0.2) is 14.4 Å². The van der Waals surface area contributed by atoms with Crippen LogP contribution < -0.4 is 5.32 Å². The van der Waals surface area contributed by atoms with Crippen molar-refractivity contribution in [3.05, 3.63) is 59.8 Å². The third kappa shape index (κ3) is 5.45. The van der Waals surface area contributed by atoms with E-state index in [2.05, 4.69) is 24.2 Å². The van der Waals surface area contributed by atoms with Crippen LogP contribution in [0.15, 0.2) is 42.5 Å². The molecule has 1 unspecified atom stereocenters. The zero-order chi connectivity index (χ0) is 19.9. The summed E-state index contributed by atoms with van der Waals surface area (Å²) in [5, 5.41) is 11.6. The summed E-state index contributed by atoms with van der Waals surface area (Å²) in [7, 11) is 2.11. The Balaban J connectivity index is 1.92. The highest BCUT2D eigenvalue weighted by molar-refractivity contribution is 6.05. The van der Waals surface area contributed by atoms with Crippen molar-refractivity contribution in [1.29, 1.82) is 5.41 Å². The number of rotatable bonds is 7. The molecule has 6 heteroatoms. The first-order valence-corrected chi connectivity index (χ1v) is 9.90. The summed E-state index contributed by atoms with van der Waals surface area (Å²) < 4.78 is 13.5. The highest BCUT2D eigenvalue weighted by Gasteiger charge is 2.22. The second-order valence-corrected chi connectivity index (χ2v) is 7.34. The fourth-order valence-electron chi connectivity index (χ4n) is 3.39. The molecule has 1 aromatic heterocycles. The quantitative estimate of drug-likeness (QED) is 0.670. The van der Waals surface area contributed by atoms with Crippen LogP contribution in [0.1, 0.15) is 50.0 Å². The number of likely N-dealkylation sites (N-methyl/N-ethyl adjacent to an activating group) is 1. The summed E-state index contributed by atoms with van der Waals surface area (Å²) in [6.45, 7) is 4.10. The molecule has 5 nitrogen and oxygen atoms in total. The van der Waals surface area contributed by atoms with E-state index in [9.17, 15) is 4.39 Å². The van der Waals surface area contributed by atoms with Crippen LogP contribution in [0.3, 0.4) is 0 Å². The zero-order valence-corrected chi connectivity index (χ0v) is 16.6. The van der Waals surface area contributed by atoms with Crippen molar-refractivity contribution < 1.29 is 4.39 Å². The molecule has 0 amide bonds. The topological polar surface area (TPSA) is 64.9 Å². The predicted molar refractivity (Wildman–Crippen MR) is 112 cm³/mol. The molecule has 0 spiro atoms. The molecule has 1 atom stereocenters. The van der Waals surface area contributed by atoms with Gasteiger partial charge in [-0.05, 0) is 57.1 Å². The van der Waals surface area contributed by atoms with Crippen molar-refractivity contribution in [2.24, 2.45) is 0 Å². The summed E-state index contributed by atoms with van der Waals surface area (Å²) in [5.74, 6) is 1.27. The molecule has 0 bridgehead atoms. The molecule has 28 heavy (non-hydrogen) atoms. The van der Waals surface area contributed by atoms with Crippen molar-refractivity contribution >= 4 is 17.2 Å². The van der Waals surface area contributed by atoms with E-state index >= 15 is 0 Å². The Morgan fingerprint density at radius 2 is 2.21 bits per heavy atom. The number of allylic oxidation sites excluding steroid dienone is 2. The minimum absolute atomic E-state index is 0.235. The Labute approximate surface area is 166 Å². The van der Waals surface area contributed by atoms with Crippen molar-refractivity contribution in [2.75, 3.05) is 25.5 Å². The second-order valence-electron chi connectivity index (χ2n) is 7.34. The van der Waals surface area contributed by atoms with Crippen molar-refractivity contribution in [2.45, 2.75) is 38.5 Å². The molecule has 0 radical (unpaired) electrons. The van der Waals surface area contributed by atoms with Crippen LogP contribution in [0.4, 0.5) is 15.9 Å². The lowest BCUT2D eigenvalue weighted by atomic mass is 9.97. The Kier molecular flexibility index (Phi) is 6.87. The summed E-state index contributed by atoms with van der Waals surface area (Å²) in [6, 6.07) is 8.06. The van der Waals surface area contributed by atoms with E-state index < -0.39 is 0 Å². The number of hydrogen-bond donors (Lipinski definition) is 2. The summed E-state index contributed by atoms with van der Waals surface area (Å²) in [4.78, 5) is 11.7. The first kappa shape index (κ1) is 20.1. The molecule has 1 saturated heterocycles. The Morgan fingerprint density at radius 1 is 1.36 bits per heavy atom. The molecule has 1 aromatic carbocycles. The van der Waals surface area contributed by atoms with Crippen LogP contribution in [-0.4, -0.2) is 40.7 Å². The molecule has 1 aliphatic rings. The largest absolute Gasteiger partial charge is 0.340 e. The molecule has 0 saturated carbocycles. The van der Waals surface area contributed by atoms with Gasteiger partial charge in [-0.2, -0.15) is 0 Å². The van der Waals surface area contributed by atoms with E-state index in [1.807, 2.05) is 6.08 Å². The van der Waals surface area contributed by atoms with Gasteiger partial charge in [0.15, 0.2) is 0 Å². The van der Waals surface area contributed by atoms with Gasteiger partial charge in [0, 0.05) is 24.2 Å². The third-order valence-corrected chi connectivity index (χ3v) is 4.85. The number of piperidine rings is 1. The third-order valence-electron chi connectivity index (χ3n) is 4.85. The fraction of sp³-hybridized carbons (Fsp3) is 0.409. The molecule has 1 fully saturated rings. The van der Waals surface area contributed by atoms with E-state index in [0.717, 1.165) is 44.6 Å². The van der Waals surface area contributed by atoms with Crippen LogP contribution in [-0.2, 0) is 0 Å².